The highest BCUT2D eigenvalue weighted by Gasteiger charge is 2.32. The molecule has 0 aromatic heterocycles. The summed E-state index contributed by atoms with van der Waals surface area (Å²) in [5.74, 6) is -0.803. The molecule has 0 bridgehead atoms. The van der Waals surface area contributed by atoms with Gasteiger partial charge >= 0.3 is 0 Å². The molecule has 0 amide bonds. The zero-order valence-electron chi connectivity index (χ0n) is 10.6. The third kappa shape index (κ3) is 2.91. The Morgan fingerprint density at radius 1 is 1.37 bits per heavy atom. The minimum atomic E-state index is -3.86. The second kappa shape index (κ2) is 5.75. The Kier molecular flexibility index (Phi) is 4.45. The first-order valence-electron chi connectivity index (χ1n) is 6.08. The Hall–Kier alpha value is -0.690. The molecule has 1 N–H and O–H groups in total. The molecule has 0 saturated carbocycles. The van der Waals surface area contributed by atoms with Crippen LogP contribution in [-0.2, 0) is 10.0 Å². The van der Waals surface area contributed by atoms with Crippen LogP contribution in [0.3, 0.4) is 0 Å². The van der Waals surface area contributed by atoms with Crippen molar-refractivity contribution in [1.82, 2.24) is 9.62 Å². The minimum absolute atomic E-state index is 0.0734. The fourth-order valence-corrected chi connectivity index (χ4v) is 4.28. The molecule has 1 aliphatic heterocycles. The zero-order valence-corrected chi connectivity index (χ0v) is 12.1. The molecule has 1 aromatic carbocycles. The Labute approximate surface area is 117 Å². The predicted octanol–water partition coefficient (Wildman–Crippen LogP) is 1.85. The third-order valence-electron chi connectivity index (χ3n) is 3.38. The molecule has 0 spiro atoms. The van der Waals surface area contributed by atoms with E-state index in [1.165, 1.54) is 16.4 Å². The Balaban J connectivity index is 2.29. The van der Waals surface area contributed by atoms with Gasteiger partial charge < -0.3 is 5.32 Å². The van der Waals surface area contributed by atoms with Crippen LogP contribution in [0.1, 0.15) is 12.8 Å². The van der Waals surface area contributed by atoms with E-state index >= 15 is 0 Å². The number of nitrogens with zero attached hydrogens (tertiary/aromatic N) is 1. The number of hydrogen-bond donors (Lipinski definition) is 1. The summed E-state index contributed by atoms with van der Waals surface area (Å²) >= 11 is 5.83. The number of hydrogen-bond acceptors (Lipinski definition) is 3. The molecule has 0 atom stereocenters. The molecular formula is C12H16ClFN2O2S. The molecule has 2 rings (SSSR count). The molecule has 106 valence electrons. The summed E-state index contributed by atoms with van der Waals surface area (Å²) < 4.78 is 39.8. The van der Waals surface area contributed by atoms with Crippen LogP contribution in [-0.4, -0.2) is 38.9 Å². The monoisotopic (exact) mass is 306 g/mol. The summed E-state index contributed by atoms with van der Waals surface area (Å²) in [4.78, 5) is -0.417. The van der Waals surface area contributed by atoms with Gasteiger partial charge in [-0.2, -0.15) is 4.31 Å². The Morgan fingerprint density at radius 3 is 2.53 bits per heavy atom. The first kappa shape index (κ1) is 14.7. The van der Waals surface area contributed by atoms with Gasteiger partial charge in [0.1, 0.15) is 10.7 Å². The lowest BCUT2D eigenvalue weighted by Crippen LogP contribution is -2.44. The van der Waals surface area contributed by atoms with E-state index in [1.807, 2.05) is 7.05 Å². The van der Waals surface area contributed by atoms with Crippen molar-refractivity contribution in [1.29, 1.82) is 0 Å². The molecule has 0 aliphatic carbocycles. The zero-order chi connectivity index (χ0) is 14.0. The van der Waals surface area contributed by atoms with Crippen molar-refractivity contribution in [2.75, 3.05) is 20.1 Å². The first-order chi connectivity index (χ1) is 8.96. The van der Waals surface area contributed by atoms with Crippen molar-refractivity contribution in [2.45, 2.75) is 23.8 Å². The maximum Gasteiger partial charge on any atom is 0.247 e. The van der Waals surface area contributed by atoms with Gasteiger partial charge in [-0.1, -0.05) is 17.7 Å². The van der Waals surface area contributed by atoms with Gasteiger partial charge in [0, 0.05) is 19.1 Å². The van der Waals surface area contributed by atoms with Gasteiger partial charge in [0.2, 0.25) is 10.0 Å². The molecule has 1 heterocycles. The number of rotatable bonds is 3. The molecule has 1 saturated heterocycles. The van der Waals surface area contributed by atoms with Crippen LogP contribution in [0.2, 0.25) is 5.02 Å². The van der Waals surface area contributed by atoms with E-state index in [1.54, 1.807) is 0 Å². The van der Waals surface area contributed by atoms with Gasteiger partial charge in [-0.15, -0.1) is 0 Å². The average Bonchev–Trinajstić information content (AvgIpc) is 2.38. The van der Waals surface area contributed by atoms with Crippen molar-refractivity contribution in [3.8, 4) is 0 Å². The quantitative estimate of drug-likeness (QED) is 0.927. The molecule has 1 aliphatic rings. The standard InChI is InChI=1S/C12H16ClFN2O2S/c1-15-9-5-7-16(8-6-9)19(17,18)12-10(13)3-2-4-11(12)14/h2-4,9,15H,5-8H2,1H3. The van der Waals surface area contributed by atoms with Gasteiger partial charge in [0.05, 0.1) is 5.02 Å². The van der Waals surface area contributed by atoms with Gasteiger partial charge in [-0.05, 0) is 32.0 Å². The fraction of sp³-hybridized carbons (Fsp3) is 0.500. The van der Waals surface area contributed by atoms with Crippen LogP contribution < -0.4 is 5.32 Å². The lowest BCUT2D eigenvalue weighted by molar-refractivity contribution is 0.297. The summed E-state index contributed by atoms with van der Waals surface area (Å²) in [6.45, 7) is 0.747. The Morgan fingerprint density at radius 2 is 2.00 bits per heavy atom. The van der Waals surface area contributed by atoms with E-state index in [9.17, 15) is 12.8 Å². The molecule has 1 fully saturated rings. The van der Waals surface area contributed by atoms with Crippen molar-refractivity contribution in [3.63, 3.8) is 0 Å². The lowest BCUT2D eigenvalue weighted by atomic mass is 10.1. The molecule has 0 unspecified atom stereocenters. The van der Waals surface area contributed by atoms with Crippen molar-refractivity contribution in [3.05, 3.63) is 29.0 Å². The summed E-state index contributed by atoms with van der Waals surface area (Å²) in [6, 6.07) is 4.20. The summed E-state index contributed by atoms with van der Waals surface area (Å²) in [6.07, 6.45) is 1.42. The molecule has 4 nitrogen and oxygen atoms in total. The number of sulfonamides is 1. The third-order valence-corrected chi connectivity index (χ3v) is 5.78. The maximum atomic E-state index is 13.7. The highest BCUT2D eigenvalue weighted by atomic mass is 35.5. The first-order valence-corrected chi connectivity index (χ1v) is 7.90. The smallest absolute Gasteiger partial charge is 0.247 e. The highest BCUT2D eigenvalue weighted by molar-refractivity contribution is 7.89. The molecule has 7 heteroatoms. The lowest BCUT2D eigenvalue weighted by Gasteiger charge is -2.31. The number of nitrogens with one attached hydrogen (secondary N) is 1. The highest BCUT2D eigenvalue weighted by Crippen LogP contribution is 2.28. The van der Waals surface area contributed by atoms with Gasteiger partial charge in [-0.25, -0.2) is 12.8 Å². The normalized spacial score (nSPS) is 18.7. The summed E-state index contributed by atoms with van der Waals surface area (Å²) in [5, 5.41) is 3.04. The van der Waals surface area contributed by atoms with Crippen LogP contribution in [0.5, 0.6) is 0 Å². The van der Waals surface area contributed by atoms with Crippen molar-refractivity contribution < 1.29 is 12.8 Å². The van der Waals surface area contributed by atoms with Crippen molar-refractivity contribution >= 4 is 21.6 Å². The van der Waals surface area contributed by atoms with E-state index in [4.69, 9.17) is 11.6 Å². The minimum Gasteiger partial charge on any atom is -0.317 e. The predicted molar refractivity (Wildman–Crippen MR) is 72.3 cm³/mol. The van der Waals surface area contributed by atoms with E-state index in [0.717, 1.165) is 6.07 Å². The van der Waals surface area contributed by atoms with E-state index < -0.39 is 20.7 Å². The molecule has 19 heavy (non-hydrogen) atoms. The fourth-order valence-electron chi connectivity index (χ4n) is 2.24. The number of halogens is 2. The SMILES string of the molecule is CNC1CCN(S(=O)(=O)c2c(F)cccc2Cl)CC1. The second-order valence-corrected chi connectivity index (χ2v) is 6.80. The van der Waals surface area contributed by atoms with Gasteiger partial charge in [0.25, 0.3) is 0 Å². The molecule has 0 radical (unpaired) electrons. The van der Waals surface area contributed by atoms with Crippen LogP contribution >= 0.6 is 11.6 Å². The Bertz CT molecular complexity index is 537. The molecular weight excluding hydrogens is 291 g/mol. The molecule has 1 aromatic rings. The van der Waals surface area contributed by atoms with Gasteiger partial charge in [0.15, 0.2) is 0 Å². The summed E-state index contributed by atoms with van der Waals surface area (Å²) in [5.41, 5.74) is 0. The topological polar surface area (TPSA) is 49.4 Å². The van der Waals surface area contributed by atoms with Crippen LogP contribution in [0, 0.1) is 5.82 Å². The average molecular weight is 307 g/mol. The largest absolute Gasteiger partial charge is 0.317 e. The maximum absolute atomic E-state index is 13.7. The number of benzene rings is 1. The summed E-state index contributed by atoms with van der Waals surface area (Å²) in [7, 11) is -2.01. The van der Waals surface area contributed by atoms with Crippen LogP contribution in [0.25, 0.3) is 0 Å². The van der Waals surface area contributed by atoms with E-state index in [0.29, 0.717) is 32.0 Å². The number of piperidine rings is 1. The van der Waals surface area contributed by atoms with Crippen LogP contribution in [0.15, 0.2) is 23.1 Å². The van der Waals surface area contributed by atoms with Gasteiger partial charge in [-0.3, -0.25) is 0 Å². The van der Waals surface area contributed by atoms with Crippen LogP contribution in [0.4, 0.5) is 4.39 Å². The van der Waals surface area contributed by atoms with Crippen molar-refractivity contribution in [2.24, 2.45) is 0 Å². The van der Waals surface area contributed by atoms with E-state index in [-0.39, 0.29) is 5.02 Å². The second-order valence-electron chi connectivity index (χ2n) is 4.52. The van der Waals surface area contributed by atoms with E-state index in [2.05, 4.69) is 5.32 Å².